The van der Waals surface area contributed by atoms with Crippen molar-refractivity contribution < 1.29 is 4.74 Å². The number of methoxy groups -OCH3 is 1. The Morgan fingerprint density at radius 1 is 1.38 bits per heavy atom. The van der Waals surface area contributed by atoms with Gasteiger partial charge in [-0.15, -0.1) is 0 Å². The van der Waals surface area contributed by atoms with Gasteiger partial charge in [-0.2, -0.15) is 0 Å². The zero-order valence-electron chi connectivity index (χ0n) is 10.9. The molecule has 2 rings (SSSR count). The number of hydrogen-bond donors (Lipinski definition) is 1. The van der Waals surface area contributed by atoms with E-state index in [2.05, 4.69) is 24.1 Å². The Labute approximate surface area is 99.5 Å². The molecule has 1 aliphatic carbocycles. The van der Waals surface area contributed by atoms with Crippen LogP contribution in [0.1, 0.15) is 39.5 Å². The van der Waals surface area contributed by atoms with E-state index in [0.717, 1.165) is 6.54 Å². The zero-order chi connectivity index (χ0) is 11.5. The summed E-state index contributed by atoms with van der Waals surface area (Å²) in [4.78, 5) is 2.71. The smallest absolute Gasteiger partial charge is 0.0726 e. The quantitative estimate of drug-likeness (QED) is 0.791. The molecule has 3 nitrogen and oxygen atoms in total. The van der Waals surface area contributed by atoms with Crippen molar-refractivity contribution in [2.75, 3.05) is 20.2 Å². The highest BCUT2D eigenvalue weighted by molar-refractivity contribution is 4.93. The van der Waals surface area contributed by atoms with Crippen LogP contribution in [-0.4, -0.2) is 49.3 Å². The van der Waals surface area contributed by atoms with Gasteiger partial charge >= 0.3 is 0 Å². The first-order chi connectivity index (χ1) is 7.76. The third-order valence-corrected chi connectivity index (χ3v) is 4.27. The van der Waals surface area contributed by atoms with Crippen LogP contribution in [0.15, 0.2) is 0 Å². The first-order valence-electron chi connectivity index (χ1n) is 6.78. The number of hydrogen-bond acceptors (Lipinski definition) is 3. The van der Waals surface area contributed by atoms with Crippen molar-refractivity contribution in [3.8, 4) is 0 Å². The highest BCUT2D eigenvalue weighted by Crippen LogP contribution is 2.29. The lowest BCUT2D eigenvalue weighted by Crippen LogP contribution is -2.60. The van der Waals surface area contributed by atoms with E-state index in [1.165, 1.54) is 32.2 Å². The zero-order valence-corrected chi connectivity index (χ0v) is 10.9. The van der Waals surface area contributed by atoms with E-state index >= 15 is 0 Å². The van der Waals surface area contributed by atoms with Crippen LogP contribution < -0.4 is 5.32 Å². The summed E-state index contributed by atoms with van der Waals surface area (Å²) in [6.45, 7) is 6.91. The number of ether oxygens (including phenoxy) is 1. The van der Waals surface area contributed by atoms with Crippen LogP contribution in [0, 0.1) is 0 Å². The van der Waals surface area contributed by atoms with Crippen LogP contribution in [0.3, 0.4) is 0 Å². The van der Waals surface area contributed by atoms with Crippen molar-refractivity contribution in [1.82, 2.24) is 10.2 Å². The van der Waals surface area contributed by atoms with Gasteiger partial charge in [-0.05, 0) is 32.6 Å². The highest BCUT2D eigenvalue weighted by Gasteiger charge is 2.37. The summed E-state index contributed by atoms with van der Waals surface area (Å²) in [5, 5.41) is 3.59. The molecule has 0 aromatic heterocycles. The van der Waals surface area contributed by atoms with Crippen molar-refractivity contribution in [3.05, 3.63) is 0 Å². The monoisotopic (exact) mass is 226 g/mol. The van der Waals surface area contributed by atoms with Gasteiger partial charge in [0.1, 0.15) is 0 Å². The molecule has 0 spiro atoms. The predicted molar refractivity (Wildman–Crippen MR) is 66.7 cm³/mol. The Kier molecular flexibility index (Phi) is 4.22. The Morgan fingerprint density at radius 3 is 2.88 bits per heavy atom. The summed E-state index contributed by atoms with van der Waals surface area (Å²) >= 11 is 0. The molecule has 1 N–H and O–H groups in total. The first kappa shape index (κ1) is 12.3. The fourth-order valence-corrected chi connectivity index (χ4v) is 3.33. The Bertz CT molecular complexity index is 222. The van der Waals surface area contributed by atoms with Gasteiger partial charge in [-0.3, -0.25) is 4.90 Å². The maximum atomic E-state index is 5.64. The normalized spacial score (nSPS) is 41.4. The van der Waals surface area contributed by atoms with Crippen LogP contribution >= 0.6 is 0 Å². The largest absolute Gasteiger partial charge is 0.380 e. The van der Waals surface area contributed by atoms with Crippen LogP contribution in [0.2, 0.25) is 0 Å². The van der Waals surface area contributed by atoms with Gasteiger partial charge in [0.2, 0.25) is 0 Å². The second-order valence-corrected chi connectivity index (χ2v) is 5.34. The lowest BCUT2D eigenvalue weighted by Gasteiger charge is -2.44. The fraction of sp³-hybridized carbons (Fsp3) is 1.00. The molecule has 3 heteroatoms. The molecule has 0 radical (unpaired) electrons. The SMILES string of the molecule is CCC1CNC(C)CN1C1CCCC1OC. The minimum absolute atomic E-state index is 0.472. The molecule has 2 aliphatic rings. The van der Waals surface area contributed by atoms with E-state index in [1.807, 2.05) is 7.11 Å². The Morgan fingerprint density at radius 2 is 2.19 bits per heavy atom. The van der Waals surface area contributed by atoms with E-state index in [0.29, 0.717) is 24.2 Å². The van der Waals surface area contributed by atoms with Gasteiger partial charge in [0, 0.05) is 38.3 Å². The Hall–Kier alpha value is -0.120. The minimum Gasteiger partial charge on any atom is -0.380 e. The van der Waals surface area contributed by atoms with Crippen LogP contribution in [0.4, 0.5) is 0 Å². The van der Waals surface area contributed by atoms with E-state index in [9.17, 15) is 0 Å². The summed E-state index contributed by atoms with van der Waals surface area (Å²) < 4.78 is 5.64. The lowest BCUT2D eigenvalue weighted by atomic mass is 10.0. The van der Waals surface area contributed by atoms with Gasteiger partial charge in [0.15, 0.2) is 0 Å². The molecule has 4 atom stereocenters. The molecule has 2 fully saturated rings. The third kappa shape index (κ3) is 2.41. The molecule has 0 amide bonds. The van der Waals surface area contributed by atoms with Gasteiger partial charge in [-0.1, -0.05) is 6.92 Å². The second-order valence-electron chi connectivity index (χ2n) is 5.34. The van der Waals surface area contributed by atoms with E-state index in [4.69, 9.17) is 4.74 Å². The summed E-state index contributed by atoms with van der Waals surface area (Å²) in [5.74, 6) is 0. The molecule has 1 aliphatic heterocycles. The first-order valence-corrected chi connectivity index (χ1v) is 6.78. The van der Waals surface area contributed by atoms with Crippen LogP contribution in [0.5, 0.6) is 0 Å². The van der Waals surface area contributed by atoms with Crippen LogP contribution in [0.25, 0.3) is 0 Å². The van der Waals surface area contributed by atoms with Crippen LogP contribution in [-0.2, 0) is 4.74 Å². The molecular formula is C13H26N2O. The lowest BCUT2D eigenvalue weighted by molar-refractivity contribution is -0.00285. The molecule has 94 valence electrons. The van der Waals surface area contributed by atoms with Crippen molar-refractivity contribution in [2.24, 2.45) is 0 Å². The standard InChI is InChI=1S/C13H26N2O/c1-4-11-8-14-10(2)9-15(11)12-6-5-7-13(12)16-3/h10-14H,4-9H2,1-3H3. The molecular weight excluding hydrogens is 200 g/mol. The van der Waals surface area contributed by atoms with Crippen molar-refractivity contribution >= 4 is 0 Å². The van der Waals surface area contributed by atoms with Gasteiger partial charge < -0.3 is 10.1 Å². The molecule has 1 saturated carbocycles. The number of nitrogens with one attached hydrogen (secondary N) is 1. The van der Waals surface area contributed by atoms with E-state index in [1.54, 1.807) is 0 Å². The van der Waals surface area contributed by atoms with E-state index in [-0.39, 0.29) is 0 Å². The topological polar surface area (TPSA) is 24.5 Å². The molecule has 4 unspecified atom stereocenters. The van der Waals surface area contributed by atoms with Crippen molar-refractivity contribution in [1.29, 1.82) is 0 Å². The number of nitrogens with zero attached hydrogens (tertiary/aromatic N) is 1. The second kappa shape index (κ2) is 5.48. The number of rotatable bonds is 3. The van der Waals surface area contributed by atoms with Gasteiger partial charge in [-0.25, -0.2) is 0 Å². The third-order valence-electron chi connectivity index (χ3n) is 4.27. The molecule has 16 heavy (non-hydrogen) atoms. The molecule has 1 saturated heterocycles. The summed E-state index contributed by atoms with van der Waals surface area (Å²) in [6.07, 6.45) is 5.61. The Balaban J connectivity index is 2.03. The molecule has 0 bridgehead atoms. The van der Waals surface area contributed by atoms with E-state index < -0.39 is 0 Å². The molecule has 0 aromatic carbocycles. The summed E-state index contributed by atoms with van der Waals surface area (Å²) in [5.41, 5.74) is 0. The van der Waals surface area contributed by atoms with Crippen molar-refractivity contribution in [2.45, 2.75) is 63.8 Å². The number of piperazine rings is 1. The summed E-state index contributed by atoms with van der Waals surface area (Å²) in [6, 6.07) is 2.00. The maximum Gasteiger partial charge on any atom is 0.0726 e. The summed E-state index contributed by atoms with van der Waals surface area (Å²) in [7, 11) is 1.87. The van der Waals surface area contributed by atoms with Crippen molar-refractivity contribution in [3.63, 3.8) is 0 Å². The minimum atomic E-state index is 0.472. The average Bonchev–Trinajstić information content (AvgIpc) is 2.76. The molecule has 0 aromatic rings. The van der Waals surface area contributed by atoms with Gasteiger partial charge in [0.25, 0.3) is 0 Å². The average molecular weight is 226 g/mol. The highest BCUT2D eigenvalue weighted by atomic mass is 16.5. The van der Waals surface area contributed by atoms with Gasteiger partial charge in [0.05, 0.1) is 6.10 Å². The maximum absolute atomic E-state index is 5.64. The molecule has 1 heterocycles. The fourth-order valence-electron chi connectivity index (χ4n) is 3.33. The predicted octanol–water partition coefficient (Wildman–Crippen LogP) is 1.63.